The Morgan fingerprint density at radius 2 is 2.19 bits per heavy atom. The van der Waals surface area contributed by atoms with Gasteiger partial charge in [-0.1, -0.05) is 24.3 Å². The van der Waals surface area contributed by atoms with Gasteiger partial charge in [0.05, 0.1) is 0 Å². The highest BCUT2D eigenvalue weighted by molar-refractivity contribution is 7.99. The molecule has 116 valence electrons. The van der Waals surface area contributed by atoms with Crippen LogP contribution in [0.4, 0.5) is 0 Å². The molecule has 0 aliphatic heterocycles. The van der Waals surface area contributed by atoms with Gasteiger partial charge in [0.1, 0.15) is 5.54 Å². The van der Waals surface area contributed by atoms with E-state index in [9.17, 15) is 9.90 Å². The summed E-state index contributed by atoms with van der Waals surface area (Å²) in [6.07, 6.45) is 2.42. The number of hydrogen-bond donors (Lipinski definition) is 2. The van der Waals surface area contributed by atoms with E-state index in [1.807, 2.05) is 25.6 Å². The van der Waals surface area contributed by atoms with Gasteiger partial charge in [-0.25, -0.2) is 0 Å². The topological polar surface area (TPSA) is 49.3 Å². The Balaban J connectivity index is 1.95. The largest absolute Gasteiger partial charge is 0.480 e. The van der Waals surface area contributed by atoms with Crippen LogP contribution >= 0.6 is 11.8 Å². The molecule has 21 heavy (non-hydrogen) atoms. The summed E-state index contributed by atoms with van der Waals surface area (Å²) in [5.41, 5.74) is 1.94. The van der Waals surface area contributed by atoms with E-state index in [1.54, 1.807) is 0 Å². The molecular formula is C17H25NO2S. The molecule has 0 bridgehead atoms. The van der Waals surface area contributed by atoms with Crippen molar-refractivity contribution in [2.24, 2.45) is 0 Å². The lowest BCUT2D eigenvalue weighted by atomic mass is 9.97. The normalized spacial score (nSPS) is 25.4. The minimum absolute atomic E-state index is 0.196. The van der Waals surface area contributed by atoms with E-state index in [4.69, 9.17) is 0 Å². The highest BCUT2D eigenvalue weighted by atomic mass is 32.2. The van der Waals surface area contributed by atoms with Crippen LogP contribution < -0.4 is 5.32 Å². The van der Waals surface area contributed by atoms with Crippen LogP contribution in [0, 0.1) is 6.92 Å². The fourth-order valence-corrected chi connectivity index (χ4v) is 4.49. The summed E-state index contributed by atoms with van der Waals surface area (Å²) in [6.45, 7) is 6.16. The second-order valence-electron chi connectivity index (χ2n) is 6.29. The van der Waals surface area contributed by atoms with Gasteiger partial charge in [-0.05, 0) is 51.2 Å². The fraction of sp³-hybridized carbons (Fsp3) is 0.588. The molecule has 0 amide bonds. The maximum atomic E-state index is 11.7. The Labute approximate surface area is 131 Å². The zero-order valence-corrected chi connectivity index (χ0v) is 13.9. The summed E-state index contributed by atoms with van der Waals surface area (Å²) in [4.78, 5) is 11.7. The molecule has 0 heterocycles. The van der Waals surface area contributed by atoms with Gasteiger partial charge in [0.25, 0.3) is 0 Å². The fourth-order valence-electron chi connectivity index (χ4n) is 3.06. The maximum absolute atomic E-state index is 11.7. The van der Waals surface area contributed by atoms with Crippen LogP contribution in [-0.4, -0.2) is 27.9 Å². The van der Waals surface area contributed by atoms with Gasteiger partial charge in [-0.2, -0.15) is 11.8 Å². The molecule has 0 radical (unpaired) electrons. The molecule has 4 heteroatoms. The molecule has 2 N–H and O–H groups in total. The molecule has 2 rings (SSSR count). The van der Waals surface area contributed by atoms with Crippen molar-refractivity contribution >= 4 is 17.7 Å². The van der Waals surface area contributed by atoms with Crippen LogP contribution in [0.3, 0.4) is 0 Å². The van der Waals surface area contributed by atoms with Crippen molar-refractivity contribution in [3.63, 3.8) is 0 Å². The zero-order valence-electron chi connectivity index (χ0n) is 13.1. The number of carboxylic acid groups (broad SMARTS) is 1. The molecule has 1 aliphatic carbocycles. The van der Waals surface area contributed by atoms with Gasteiger partial charge >= 0.3 is 5.97 Å². The van der Waals surface area contributed by atoms with Crippen molar-refractivity contribution in [2.45, 2.75) is 62.6 Å². The minimum atomic E-state index is -0.725. The zero-order chi connectivity index (χ0) is 15.5. The number of nitrogens with one attached hydrogen (secondary N) is 1. The second kappa shape index (κ2) is 6.84. The standard InChI is InChI=1S/C17H25NO2S/c1-12(2)18-17(16(19)20)9-8-15(10-17)21-11-14-7-5-4-6-13(14)3/h4-7,12,15,18H,8-11H2,1-3H3,(H,19,20). The molecule has 1 saturated carbocycles. The summed E-state index contributed by atoms with van der Waals surface area (Å²) in [5.74, 6) is 0.268. The number of carbonyl (C=O) groups is 1. The molecule has 0 saturated heterocycles. The number of thioether (sulfide) groups is 1. The highest BCUT2D eigenvalue weighted by Crippen LogP contribution is 2.39. The van der Waals surface area contributed by atoms with Gasteiger partial charge in [0, 0.05) is 17.0 Å². The van der Waals surface area contributed by atoms with Gasteiger partial charge in [0.15, 0.2) is 0 Å². The summed E-state index contributed by atoms with van der Waals surface area (Å²) in [7, 11) is 0. The maximum Gasteiger partial charge on any atom is 0.323 e. The van der Waals surface area contributed by atoms with E-state index in [1.165, 1.54) is 11.1 Å². The van der Waals surface area contributed by atoms with E-state index >= 15 is 0 Å². The number of rotatable bonds is 6. The molecule has 1 aromatic rings. The first-order valence-corrected chi connectivity index (χ1v) is 8.65. The van der Waals surface area contributed by atoms with Crippen LogP contribution in [0.15, 0.2) is 24.3 Å². The number of aryl methyl sites for hydroxylation is 1. The van der Waals surface area contributed by atoms with Gasteiger partial charge in [-0.15, -0.1) is 0 Å². The first-order chi connectivity index (χ1) is 9.93. The summed E-state index contributed by atoms with van der Waals surface area (Å²) in [5, 5.41) is 13.3. The van der Waals surface area contributed by atoms with Gasteiger partial charge < -0.3 is 5.11 Å². The number of carboxylic acids is 1. The van der Waals surface area contributed by atoms with Crippen molar-refractivity contribution in [1.82, 2.24) is 5.32 Å². The molecule has 2 atom stereocenters. The Bertz CT molecular complexity index is 503. The number of benzene rings is 1. The van der Waals surface area contributed by atoms with Gasteiger partial charge in [-0.3, -0.25) is 10.1 Å². The first-order valence-electron chi connectivity index (χ1n) is 7.60. The highest BCUT2D eigenvalue weighted by Gasteiger charge is 2.45. The van der Waals surface area contributed by atoms with E-state index in [0.29, 0.717) is 5.25 Å². The quantitative estimate of drug-likeness (QED) is 0.843. The minimum Gasteiger partial charge on any atom is -0.480 e. The Kier molecular flexibility index (Phi) is 5.33. The van der Waals surface area contributed by atoms with E-state index < -0.39 is 11.5 Å². The monoisotopic (exact) mass is 307 g/mol. The van der Waals surface area contributed by atoms with E-state index in [0.717, 1.165) is 25.0 Å². The first kappa shape index (κ1) is 16.4. The predicted octanol–water partition coefficient (Wildman–Crippen LogP) is 3.60. The molecule has 2 unspecified atom stereocenters. The summed E-state index contributed by atoms with van der Waals surface area (Å²) >= 11 is 1.89. The average molecular weight is 307 g/mol. The third-order valence-electron chi connectivity index (χ3n) is 4.18. The third-order valence-corrected chi connectivity index (χ3v) is 5.53. The van der Waals surface area contributed by atoms with Crippen LogP contribution in [0.25, 0.3) is 0 Å². The van der Waals surface area contributed by atoms with E-state index in [-0.39, 0.29) is 6.04 Å². The average Bonchev–Trinajstić information content (AvgIpc) is 2.82. The Morgan fingerprint density at radius 3 is 2.81 bits per heavy atom. The van der Waals surface area contributed by atoms with Crippen molar-refractivity contribution in [3.05, 3.63) is 35.4 Å². The summed E-state index contributed by atoms with van der Waals surface area (Å²) < 4.78 is 0. The molecular weight excluding hydrogens is 282 g/mol. The van der Waals surface area contributed by atoms with Crippen molar-refractivity contribution in [3.8, 4) is 0 Å². The Hall–Kier alpha value is -1.00. The van der Waals surface area contributed by atoms with Crippen molar-refractivity contribution < 1.29 is 9.90 Å². The van der Waals surface area contributed by atoms with Crippen LogP contribution in [-0.2, 0) is 10.5 Å². The second-order valence-corrected chi connectivity index (χ2v) is 7.58. The number of hydrogen-bond acceptors (Lipinski definition) is 3. The molecule has 0 aromatic heterocycles. The third kappa shape index (κ3) is 4.01. The molecule has 3 nitrogen and oxygen atoms in total. The number of aliphatic carboxylic acids is 1. The van der Waals surface area contributed by atoms with Crippen LogP contribution in [0.5, 0.6) is 0 Å². The smallest absolute Gasteiger partial charge is 0.323 e. The van der Waals surface area contributed by atoms with Crippen molar-refractivity contribution in [2.75, 3.05) is 0 Å². The van der Waals surface area contributed by atoms with Crippen LogP contribution in [0.1, 0.15) is 44.2 Å². The van der Waals surface area contributed by atoms with Gasteiger partial charge in [0.2, 0.25) is 0 Å². The van der Waals surface area contributed by atoms with Crippen molar-refractivity contribution in [1.29, 1.82) is 0 Å². The lowest BCUT2D eigenvalue weighted by Gasteiger charge is -2.28. The lowest BCUT2D eigenvalue weighted by molar-refractivity contribution is -0.145. The molecule has 1 aromatic carbocycles. The molecule has 1 fully saturated rings. The predicted molar refractivity (Wildman–Crippen MR) is 88.8 cm³/mol. The molecule has 1 aliphatic rings. The molecule has 0 spiro atoms. The lowest BCUT2D eigenvalue weighted by Crippen LogP contribution is -2.53. The van der Waals surface area contributed by atoms with Crippen LogP contribution in [0.2, 0.25) is 0 Å². The Morgan fingerprint density at radius 1 is 1.48 bits per heavy atom. The van der Waals surface area contributed by atoms with E-state index in [2.05, 4.69) is 36.5 Å². The summed E-state index contributed by atoms with van der Waals surface area (Å²) in [6, 6.07) is 8.61. The SMILES string of the molecule is Cc1ccccc1CSC1CCC(NC(C)C)(C(=O)O)C1.